The third kappa shape index (κ3) is 3.48. The van der Waals surface area contributed by atoms with Crippen LogP contribution < -0.4 is 16.0 Å². The third-order valence-corrected chi connectivity index (χ3v) is 3.19. The maximum Gasteiger partial charge on any atom is 0.247 e. The van der Waals surface area contributed by atoms with E-state index in [0.29, 0.717) is 0 Å². The zero-order chi connectivity index (χ0) is 12.2. The first-order valence-corrected chi connectivity index (χ1v) is 5.87. The summed E-state index contributed by atoms with van der Waals surface area (Å²) in [5, 5.41) is 0. The van der Waals surface area contributed by atoms with Gasteiger partial charge in [-0.3, -0.25) is 9.59 Å². The summed E-state index contributed by atoms with van der Waals surface area (Å²) < 4.78 is 25.3. The maximum absolute atomic E-state index is 11.5. The van der Waals surface area contributed by atoms with E-state index in [-0.39, 0.29) is 17.9 Å². The fourth-order valence-corrected chi connectivity index (χ4v) is 1.95. The average Bonchev–Trinajstić information content (AvgIpc) is 2.17. The summed E-state index contributed by atoms with van der Waals surface area (Å²) in [5.41, 5.74) is 4.47. The number of aromatic amines is 1. The molecular weight excluding hydrogens is 234 g/mol. The van der Waals surface area contributed by atoms with Crippen LogP contribution in [0.4, 0.5) is 0 Å². The summed E-state index contributed by atoms with van der Waals surface area (Å²) in [4.78, 5) is 23.3. The highest BCUT2D eigenvalue weighted by Crippen LogP contribution is 2.03. The highest BCUT2D eigenvalue weighted by atomic mass is 32.2. The van der Waals surface area contributed by atoms with E-state index in [9.17, 15) is 18.0 Å². The number of sulfonamides is 1. The van der Waals surface area contributed by atoms with Crippen LogP contribution in [0.3, 0.4) is 0 Å². The van der Waals surface area contributed by atoms with E-state index in [1.807, 2.05) is 0 Å². The van der Waals surface area contributed by atoms with Crippen molar-refractivity contribution in [2.45, 2.75) is 11.3 Å². The Morgan fingerprint density at radius 1 is 1.44 bits per heavy atom. The second-order valence-electron chi connectivity index (χ2n) is 3.00. The summed E-state index contributed by atoms with van der Waals surface area (Å²) in [5.74, 6) is -0.593. The van der Waals surface area contributed by atoms with Crippen molar-refractivity contribution in [2.24, 2.45) is 5.73 Å². The highest BCUT2D eigenvalue weighted by Gasteiger charge is 2.13. The first-order valence-electron chi connectivity index (χ1n) is 4.38. The summed E-state index contributed by atoms with van der Waals surface area (Å²) in [6.07, 6.45) is 0.998. The molecule has 0 aliphatic rings. The number of hydrogen-bond acceptors (Lipinski definition) is 4. The van der Waals surface area contributed by atoms with Crippen LogP contribution in [0.5, 0.6) is 0 Å². The van der Waals surface area contributed by atoms with Crippen LogP contribution in [-0.4, -0.2) is 25.9 Å². The van der Waals surface area contributed by atoms with Gasteiger partial charge in [-0.15, -0.1) is 0 Å². The summed E-state index contributed by atoms with van der Waals surface area (Å²) in [6.45, 7) is -0.0726. The van der Waals surface area contributed by atoms with Crippen molar-refractivity contribution in [3.63, 3.8) is 0 Å². The molecule has 88 valence electrons. The molecule has 1 rings (SSSR count). The van der Waals surface area contributed by atoms with Gasteiger partial charge in [-0.1, -0.05) is 0 Å². The van der Waals surface area contributed by atoms with Crippen molar-refractivity contribution < 1.29 is 13.2 Å². The second-order valence-corrected chi connectivity index (χ2v) is 4.77. The minimum atomic E-state index is -3.70. The van der Waals surface area contributed by atoms with Crippen LogP contribution in [0.2, 0.25) is 0 Å². The van der Waals surface area contributed by atoms with Crippen molar-refractivity contribution >= 4 is 15.9 Å². The van der Waals surface area contributed by atoms with Gasteiger partial charge in [0.25, 0.3) is 0 Å². The average molecular weight is 245 g/mol. The lowest BCUT2D eigenvalue weighted by Crippen LogP contribution is -2.28. The van der Waals surface area contributed by atoms with Gasteiger partial charge >= 0.3 is 0 Å². The van der Waals surface area contributed by atoms with E-state index in [1.165, 1.54) is 6.07 Å². The van der Waals surface area contributed by atoms with E-state index >= 15 is 0 Å². The number of H-pyrrole nitrogens is 1. The minimum Gasteiger partial charge on any atom is -0.370 e. The lowest BCUT2D eigenvalue weighted by atomic mass is 10.4. The Hall–Kier alpha value is -1.67. The van der Waals surface area contributed by atoms with Crippen LogP contribution in [0, 0.1) is 0 Å². The standard InChI is InChI=1S/C8H11N3O4S/c9-7(12)3-4-11-16(14,15)6-1-2-8(13)10-5-6/h1-2,5,11H,3-4H2,(H2,9,12)(H,10,13). The van der Waals surface area contributed by atoms with Gasteiger partial charge in [0.15, 0.2) is 0 Å². The smallest absolute Gasteiger partial charge is 0.247 e. The van der Waals surface area contributed by atoms with Gasteiger partial charge in [0.2, 0.25) is 21.5 Å². The van der Waals surface area contributed by atoms with E-state index in [1.54, 1.807) is 0 Å². The number of carbonyl (C=O) groups excluding carboxylic acids is 1. The molecule has 1 amide bonds. The van der Waals surface area contributed by atoms with Crippen molar-refractivity contribution in [3.05, 3.63) is 28.7 Å². The van der Waals surface area contributed by atoms with Gasteiger partial charge in [-0.05, 0) is 6.07 Å². The van der Waals surface area contributed by atoms with Crippen molar-refractivity contribution in [1.29, 1.82) is 0 Å². The molecule has 1 aromatic rings. The number of rotatable bonds is 5. The van der Waals surface area contributed by atoms with Gasteiger partial charge in [0.05, 0.1) is 4.90 Å². The number of nitrogens with two attached hydrogens (primary N) is 1. The van der Waals surface area contributed by atoms with E-state index < -0.39 is 21.5 Å². The molecule has 8 heteroatoms. The van der Waals surface area contributed by atoms with Gasteiger partial charge in [0, 0.05) is 25.2 Å². The molecule has 1 aromatic heterocycles. The monoisotopic (exact) mass is 245 g/mol. The molecule has 0 aliphatic carbocycles. The van der Waals surface area contributed by atoms with Gasteiger partial charge in [-0.2, -0.15) is 0 Å². The molecule has 16 heavy (non-hydrogen) atoms. The van der Waals surface area contributed by atoms with Crippen LogP contribution >= 0.6 is 0 Å². The molecule has 0 fully saturated rings. The molecule has 0 saturated heterocycles. The molecule has 0 bridgehead atoms. The third-order valence-electron chi connectivity index (χ3n) is 1.73. The Morgan fingerprint density at radius 2 is 2.12 bits per heavy atom. The quantitative estimate of drug-likeness (QED) is 0.586. The Morgan fingerprint density at radius 3 is 2.62 bits per heavy atom. The largest absolute Gasteiger partial charge is 0.370 e. The molecule has 0 saturated carbocycles. The predicted octanol–water partition coefficient (Wildman–Crippen LogP) is -1.47. The lowest BCUT2D eigenvalue weighted by Gasteiger charge is -2.04. The minimum absolute atomic E-state index is 0.0726. The molecule has 0 atom stereocenters. The summed E-state index contributed by atoms with van der Waals surface area (Å²) in [7, 11) is -3.70. The lowest BCUT2D eigenvalue weighted by molar-refractivity contribution is -0.117. The Labute approximate surface area is 91.7 Å². The van der Waals surface area contributed by atoms with Crippen molar-refractivity contribution in [3.8, 4) is 0 Å². The maximum atomic E-state index is 11.5. The molecule has 0 spiro atoms. The highest BCUT2D eigenvalue weighted by molar-refractivity contribution is 7.89. The number of amides is 1. The number of nitrogens with one attached hydrogen (secondary N) is 2. The fraction of sp³-hybridized carbons (Fsp3) is 0.250. The van der Waals surface area contributed by atoms with Crippen molar-refractivity contribution in [2.75, 3.05) is 6.54 Å². The second kappa shape index (κ2) is 4.90. The summed E-state index contributed by atoms with van der Waals surface area (Å²) >= 11 is 0. The van der Waals surface area contributed by atoms with Crippen LogP contribution in [0.25, 0.3) is 0 Å². The molecule has 7 nitrogen and oxygen atoms in total. The van der Waals surface area contributed by atoms with Crippen LogP contribution in [0.1, 0.15) is 6.42 Å². The Bertz CT molecular complexity index is 514. The number of hydrogen-bond donors (Lipinski definition) is 3. The SMILES string of the molecule is NC(=O)CCNS(=O)(=O)c1ccc(=O)[nH]c1. The normalized spacial score (nSPS) is 11.2. The summed E-state index contributed by atoms with van der Waals surface area (Å²) in [6, 6.07) is 2.27. The van der Waals surface area contributed by atoms with E-state index in [4.69, 9.17) is 5.73 Å². The first kappa shape index (κ1) is 12.4. The number of pyridine rings is 1. The zero-order valence-corrected chi connectivity index (χ0v) is 9.08. The van der Waals surface area contributed by atoms with Crippen LogP contribution in [0.15, 0.2) is 28.0 Å². The zero-order valence-electron chi connectivity index (χ0n) is 8.26. The first-order chi connectivity index (χ1) is 7.42. The van der Waals surface area contributed by atoms with Gasteiger partial charge in [0.1, 0.15) is 0 Å². The Kier molecular flexibility index (Phi) is 3.80. The molecule has 0 aromatic carbocycles. The topological polar surface area (TPSA) is 122 Å². The molecule has 0 radical (unpaired) electrons. The van der Waals surface area contributed by atoms with E-state index in [2.05, 4.69) is 9.71 Å². The molecule has 4 N–H and O–H groups in total. The van der Waals surface area contributed by atoms with Crippen molar-refractivity contribution in [1.82, 2.24) is 9.71 Å². The van der Waals surface area contributed by atoms with Gasteiger partial charge < -0.3 is 10.7 Å². The van der Waals surface area contributed by atoms with Gasteiger partial charge in [-0.25, -0.2) is 13.1 Å². The molecular formula is C8H11N3O4S. The molecule has 1 heterocycles. The Balaban J connectivity index is 2.74. The van der Waals surface area contributed by atoms with E-state index in [0.717, 1.165) is 12.3 Å². The predicted molar refractivity (Wildman–Crippen MR) is 56.1 cm³/mol. The number of carbonyl (C=O) groups is 1. The molecule has 0 aliphatic heterocycles. The number of aromatic nitrogens is 1. The fourth-order valence-electron chi connectivity index (χ4n) is 0.955. The molecule has 0 unspecified atom stereocenters. The van der Waals surface area contributed by atoms with Crippen LogP contribution in [-0.2, 0) is 14.8 Å². The number of primary amides is 1.